The number of nitrogens with one attached hydrogen (secondary N) is 1. The van der Waals surface area contributed by atoms with E-state index in [-0.39, 0.29) is 0 Å². The van der Waals surface area contributed by atoms with Gasteiger partial charge in [-0.2, -0.15) is 0 Å². The summed E-state index contributed by atoms with van der Waals surface area (Å²) >= 11 is 0. The lowest BCUT2D eigenvalue weighted by Gasteiger charge is -2.32. The number of benzene rings is 1. The first-order valence-corrected chi connectivity index (χ1v) is 8.57. The van der Waals surface area contributed by atoms with Gasteiger partial charge in [-0.05, 0) is 51.3 Å². The third kappa shape index (κ3) is 4.31. The zero-order chi connectivity index (χ0) is 15.4. The molecule has 1 fully saturated rings. The number of likely N-dealkylation sites (tertiary alicyclic amines) is 1. The van der Waals surface area contributed by atoms with Crippen LogP contribution in [0.3, 0.4) is 0 Å². The fraction of sp³-hybridized carbons (Fsp3) is 0.684. The first kappa shape index (κ1) is 16.5. The van der Waals surface area contributed by atoms with Crippen LogP contribution in [0.1, 0.15) is 56.3 Å². The minimum Gasteiger partial charge on any atom is -0.309 e. The summed E-state index contributed by atoms with van der Waals surface area (Å²) in [6.07, 6.45) is 2.72. The summed E-state index contributed by atoms with van der Waals surface area (Å²) in [7, 11) is 0. The Hall–Kier alpha value is -0.860. The van der Waals surface area contributed by atoms with Crippen LogP contribution in [0.2, 0.25) is 0 Å². The molecule has 0 saturated carbocycles. The van der Waals surface area contributed by atoms with Crippen LogP contribution in [0.5, 0.6) is 0 Å². The van der Waals surface area contributed by atoms with Crippen molar-refractivity contribution in [2.24, 2.45) is 5.92 Å². The molecule has 1 aliphatic heterocycles. The Labute approximate surface area is 130 Å². The molecule has 1 aromatic rings. The predicted molar refractivity (Wildman–Crippen MR) is 91.8 cm³/mol. The van der Waals surface area contributed by atoms with Crippen LogP contribution >= 0.6 is 0 Å². The molecule has 1 saturated heterocycles. The minimum atomic E-state index is 0.452. The van der Waals surface area contributed by atoms with E-state index >= 15 is 0 Å². The first-order valence-electron chi connectivity index (χ1n) is 8.57. The molecule has 1 N–H and O–H groups in total. The van der Waals surface area contributed by atoms with E-state index in [0.29, 0.717) is 6.04 Å². The Morgan fingerprint density at radius 2 is 1.86 bits per heavy atom. The Kier molecular flexibility index (Phi) is 5.83. The van der Waals surface area contributed by atoms with Gasteiger partial charge >= 0.3 is 0 Å². The van der Waals surface area contributed by atoms with Crippen LogP contribution in [-0.2, 0) is 0 Å². The molecular formula is C19H32N2. The van der Waals surface area contributed by atoms with Gasteiger partial charge < -0.3 is 5.32 Å². The lowest BCUT2D eigenvalue weighted by molar-refractivity contribution is 0.187. The predicted octanol–water partition coefficient (Wildman–Crippen LogP) is 4.07. The fourth-order valence-electron chi connectivity index (χ4n) is 3.81. The summed E-state index contributed by atoms with van der Waals surface area (Å²) in [4.78, 5) is 2.70. The van der Waals surface area contributed by atoms with E-state index in [2.05, 4.69) is 63.0 Å². The summed E-state index contributed by atoms with van der Waals surface area (Å²) in [5, 5.41) is 3.70. The summed E-state index contributed by atoms with van der Waals surface area (Å²) in [6.45, 7) is 14.8. The summed E-state index contributed by atoms with van der Waals surface area (Å²) in [5.74, 6) is 0.758. The second-order valence-electron chi connectivity index (χ2n) is 6.98. The average Bonchev–Trinajstić information content (AvgIpc) is 2.85. The van der Waals surface area contributed by atoms with E-state index < -0.39 is 0 Å². The van der Waals surface area contributed by atoms with Gasteiger partial charge in [0.2, 0.25) is 0 Å². The number of hydrogen-bond acceptors (Lipinski definition) is 2. The highest BCUT2D eigenvalue weighted by molar-refractivity contribution is 5.31. The quantitative estimate of drug-likeness (QED) is 0.848. The summed E-state index contributed by atoms with van der Waals surface area (Å²) in [6, 6.07) is 8.17. The molecule has 2 rings (SSSR count). The lowest BCUT2D eigenvalue weighted by atomic mass is 9.98. The molecule has 0 radical (unpaired) electrons. The molecule has 21 heavy (non-hydrogen) atoms. The largest absolute Gasteiger partial charge is 0.309 e. The lowest BCUT2D eigenvalue weighted by Crippen LogP contribution is -2.40. The maximum Gasteiger partial charge on any atom is 0.0449 e. The number of nitrogens with zero attached hydrogens (tertiary/aromatic N) is 1. The zero-order valence-electron chi connectivity index (χ0n) is 14.4. The van der Waals surface area contributed by atoms with Crippen molar-refractivity contribution in [3.05, 3.63) is 34.9 Å². The van der Waals surface area contributed by atoms with Crippen LogP contribution < -0.4 is 5.32 Å². The van der Waals surface area contributed by atoms with Gasteiger partial charge in [-0.15, -0.1) is 0 Å². The molecular weight excluding hydrogens is 256 g/mol. The van der Waals surface area contributed by atoms with E-state index in [1.165, 1.54) is 36.1 Å². The smallest absolute Gasteiger partial charge is 0.0449 e. The fourth-order valence-corrected chi connectivity index (χ4v) is 3.81. The van der Waals surface area contributed by atoms with Crippen molar-refractivity contribution in [1.29, 1.82) is 0 Å². The van der Waals surface area contributed by atoms with E-state index in [1.54, 1.807) is 0 Å². The SMILES string of the molecule is CCNC(CN1CCCC1C(C)C)c1cc(C)cc(C)c1. The van der Waals surface area contributed by atoms with Crippen molar-refractivity contribution in [2.45, 2.75) is 59.5 Å². The van der Waals surface area contributed by atoms with Gasteiger partial charge in [-0.1, -0.05) is 50.1 Å². The van der Waals surface area contributed by atoms with Crippen molar-refractivity contribution >= 4 is 0 Å². The third-order valence-corrected chi connectivity index (χ3v) is 4.70. The molecule has 118 valence electrons. The van der Waals surface area contributed by atoms with Gasteiger partial charge in [-0.3, -0.25) is 4.90 Å². The average molecular weight is 288 g/mol. The standard InChI is InChI=1S/C19H32N2/c1-6-20-18(17-11-15(4)10-16(5)12-17)13-21-9-7-8-19(21)14(2)3/h10-12,14,18-20H,6-9,13H2,1-5H3. The molecule has 0 spiro atoms. The van der Waals surface area contributed by atoms with Crippen LogP contribution in [0.25, 0.3) is 0 Å². The Morgan fingerprint density at radius 3 is 2.43 bits per heavy atom. The second kappa shape index (κ2) is 7.42. The number of rotatable bonds is 6. The molecule has 1 heterocycles. The number of aryl methyl sites for hydroxylation is 2. The van der Waals surface area contributed by atoms with Crippen molar-refractivity contribution in [3.8, 4) is 0 Å². The van der Waals surface area contributed by atoms with Crippen LogP contribution in [0, 0.1) is 19.8 Å². The minimum absolute atomic E-state index is 0.452. The van der Waals surface area contributed by atoms with Crippen molar-refractivity contribution in [1.82, 2.24) is 10.2 Å². The zero-order valence-corrected chi connectivity index (χ0v) is 14.4. The molecule has 2 unspecified atom stereocenters. The molecule has 2 nitrogen and oxygen atoms in total. The monoisotopic (exact) mass is 288 g/mol. The Balaban J connectivity index is 2.15. The van der Waals surface area contributed by atoms with E-state index in [9.17, 15) is 0 Å². The summed E-state index contributed by atoms with van der Waals surface area (Å²) in [5.41, 5.74) is 4.19. The van der Waals surface area contributed by atoms with Crippen LogP contribution in [0.15, 0.2) is 18.2 Å². The Bertz CT molecular complexity index is 433. The molecule has 0 bridgehead atoms. The number of hydrogen-bond donors (Lipinski definition) is 1. The van der Waals surface area contributed by atoms with Crippen LogP contribution in [0.4, 0.5) is 0 Å². The number of likely N-dealkylation sites (N-methyl/N-ethyl adjacent to an activating group) is 1. The maximum absolute atomic E-state index is 3.70. The maximum atomic E-state index is 3.70. The van der Waals surface area contributed by atoms with E-state index in [4.69, 9.17) is 0 Å². The van der Waals surface area contributed by atoms with Gasteiger partial charge in [0.25, 0.3) is 0 Å². The van der Waals surface area contributed by atoms with Gasteiger partial charge in [0.1, 0.15) is 0 Å². The molecule has 0 aromatic heterocycles. The highest BCUT2D eigenvalue weighted by atomic mass is 15.2. The molecule has 0 amide bonds. The highest BCUT2D eigenvalue weighted by Crippen LogP contribution is 2.27. The molecule has 2 heteroatoms. The van der Waals surface area contributed by atoms with E-state index in [0.717, 1.165) is 25.0 Å². The van der Waals surface area contributed by atoms with Gasteiger partial charge in [0.05, 0.1) is 0 Å². The van der Waals surface area contributed by atoms with Gasteiger partial charge in [0, 0.05) is 18.6 Å². The van der Waals surface area contributed by atoms with Crippen molar-refractivity contribution < 1.29 is 0 Å². The van der Waals surface area contributed by atoms with Crippen molar-refractivity contribution in [2.75, 3.05) is 19.6 Å². The third-order valence-electron chi connectivity index (χ3n) is 4.70. The van der Waals surface area contributed by atoms with Gasteiger partial charge in [0.15, 0.2) is 0 Å². The first-order chi connectivity index (χ1) is 10.0. The molecule has 1 aromatic carbocycles. The molecule has 0 aliphatic carbocycles. The normalized spacial score (nSPS) is 21.1. The van der Waals surface area contributed by atoms with Gasteiger partial charge in [-0.25, -0.2) is 0 Å². The topological polar surface area (TPSA) is 15.3 Å². The van der Waals surface area contributed by atoms with Crippen molar-refractivity contribution in [3.63, 3.8) is 0 Å². The Morgan fingerprint density at radius 1 is 1.19 bits per heavy atom. The highest BCUT2D eigenvalue weighted by Gasteiger charge is 2.29. The van der Waals surface area contributed by atoms with Crippen LogP contribution in [-0.4, -0.2) is 30.6 Å². The second-order valence-corrected chi connectivity index (χ2v) is 6.98. The van der Waals surface area contributed by atoms with E-state index in [1.807, 2.05) is 0 Å². The molecule has 1 aliphatic rings. The summed E-state index contributed by atoms with van der Waals surface area (Å²) < 4.78 is 0. The molecule has 2 atom stereocenters.